The molecule has 2 aromatic heterocycles. The van der Waals surface area contributed by atoms with Gasteiger partial charge in [-0.3, -0.25) is 9.59 Å². The fourth-order valence-electron chi connectivity index (χ4n) is 3.25. The van der Waals surface area contributed by atoms with Crippen LogP contribution in [0, 0.1) is 13.8 Å². The molecule has 0 spiro atoms. The first-order valence-corrected chi connectivity index (χ1v) is 10.1. The Bertz CT molecular complexity index is 1130. The van der Waals surface area contributed by atoms with Gasteiger partial charge >= 0.3 is 0 Å². The monoisotopic (exact) mass is 426 g/mol. The number of hydrogen-bond acceptors (Lipinski definition) is 7. The summed E-state index contributed by atoms with van der Waals surface area (Å²) in [5, 5.41) is 14.6. The number of ketones is 1. The molecule has 0 radical (unpaired) electrons. The molecule has 0 aliphatic heterocycles. The molecule has 0 saturated carbocycles. The molecule has 2 heterocycles. The average molecular weight is 426 g/mol. The van der Waals surface area contributed by atoms with E-state index >= 15 is 0 Å². The minimum atomic E-state index is -0.547. The summed E-state index contributed by atoms with van der Waals surface area (Å²) >= 11 is 0. The van der Waals surface area contributed by atoms with E-state index in [0.29, 0.717) is 46.2 Å². The molecule has 1 N–H and O–H groups in total. The van der Waals surface area contributed by atoms with Crippen LogP contribution < -0.4 is 15.0 Å². The van der Waals surface area contributed by atoms with Gasteiger partial charge in [0.15, 0.2) is 5.78 Å². The van der Waals surface area contributed by atoms with Gasteiger partial charge in [-0.25, -0.2) is 9.67 Å². The SMILES string of the molecule is CCOc1ccc(OCC(=O)Cc2cc(C)nn2-c2nc(C)c(CC)c(=O)n2O)cc1. The number of Topliss-reactive ketones (excluding diaryl/α,β-unsaturated/α-hetero) is 1. The van der Waals surface area contributed by atoms with Crippen LogP contribution in [0.2, 0.25) is 0 Å². The van der Waals surface area contributed by atoms with Crippen molar-refractivity contribution in [1.82, 2.24) is 19.5 Å². The third-order valence-electron chi connectivity index (χ3n) is 4.71. The zero-order chi connectivity index (χ0) is 22.5. The normalized spacial score (nSPS) is 10.8. The van der Waals surface area contributed by atoms with Crippen LogP contribution in [0.1, 0.15) is 36.5 Å². The number of carbonyl (C=O) groups excluding carboxylic acids is 1. The minimum absolute atomic E-state index is 0.00230. The molecular weight excluding hydrogens is 400 g/mol. The number of aromatic nitrogens is 4. The fraction of sp³-hybridized carbons (Fsp3) is 0.364. The Morgan fingerprint density at radius 1 is 1.10 bits per heavy atom. The van der Waals surface area contributed by atoms with Crippen LogP contribution in [0.5, 0.6) is 11.5 Å². The summed E-state index contributed by atoms with van der Waals surface area (Å²) in [5.74, 6) is 1.04. The molecule has 9 heteroatoms. The number of hydrogen-bond donors (Lipinski definition) is 1. The van der Waals surface area contributed by atoms with E-state index in [-0.39, 0.29) is 24.8 Å². The van der Waals surface area contributed by atoms with Gasteiger partial charge in [0, 0.05) is 5.56 Å². The number of rotatable bonds is 9. The van der Waals surface area contributed by atoms with Gasteiger partial charge in [-0.1, -0.05) is 6.92 Å². The first-order valence-electron chi connectivity index (χ1n) is 10.1. The zero-order valence-electron chi connectivity index (χ0n) is 18.1. The lowest BCUT2D eigenvalue weighted by molar-refractivity contribution is -0.120. The molecule has 0 atom stereocenters. The zero-order valence-corrected chi connectivity index (χ0v) is 18.1. The summed E-state index contributed by atoms with van der Waals surface area (Å²) in [7, 11) is 0. The van der Waals surface area contributed by atoms with E-state index in [2.05, 4.69) is 10.1 Å². The molecule has 3 rings (SSSR count). The number of benzene rings is 1. The van der Waals surface area contributed by atoms with Gasteiger partial charge in [-0.05, 0) is 57.5 Å². The van der Waals surface area contributed by atoms with Crippen LogP contribution in [0.25, 0.3) is 5.95 Å². The van der Waals surface area contributed by atoms with Crippen molar-refractivity contribution in [1.29, 1.82) is 0 Å². The van der Waals surface area contributed by atoms with E-state index in [4.69, 9.17) is 9.47 Å². The number of carbonyl (C=O) groups is 1. The van der Waals surface area contributed by atoms with Gasteiger partial charge < -0.3 is 14.7 Å². The van der Waals surface area contributed by atoms with Crippen molar-refractivity contribution in [3.63, 3.8) is 0 Å². The quantitative estimate of drug-likeness (QED) is 0.524. The van der Waals surface area contributed by atoms with Gasteiger partial charge in [0.05, 0.1) is 30.1 Å². The van der Waals surface area contributed by atoms with E-state index < -0.39 is 5.56 Å². The summed E-state index contributed by atoms with van der Waals surface area (Å²) < 4.78 is 12.7. The maximum atomic E-state index is 12.5. The molecule has 9 nitrogen and oxygen atoms in total. The summed E-state index contributed by atoms with van der Waals surface area (Å²) in [6, 6.07) is 8.73. The second-order valence-electron chi connectivity index (χ2n) is 7.04. The van der Waals surface area contributed by atoms with Crippen LogP contribution in [-0.2, 0) is 17.6 Å². The molecule has 0 amide bonds. The largest absolute Gasteiger partial charge is 0.494 e. The lowest BCUT2D eigenvalue weighted by Crippen LogP contribution is -2.29. The molecule has 0 saturated heterocycles. The molecule has 0 bridgehead atoms. The highest BCUT2D eigenvalue weighted by atomic mass is 16.5. The lowest BCUT2D eigenvalue weighted by Gasteiger charge is -2.12. The Hall–Kier alpha value is -3.62. The highest BCUT2D eigenvalue weighted by Crippen LogP contribution is 2.18. The van der Waals surface area contributed by atoms with Crippen LogP contribution >= 0.6 is 0 Å². The van der Waals surface area contributed by atoms with Crippen LogP contribution in [0.4, 0.5) is 0 Å². The van der Waals surface area contributed by atoms with E-state index in [9.17, 15) is 14.8 Å². The van der Waals surface area contributed by atoms with Gasteiger partial charge in [0.1, 0.15) is 18.1 Å². The fourth-order valence-corrected chi connectivity index (χ4v) is 3.25. The summed E-state index contributed by atoms with van der Waals surface area (Å²) in [4.78, 5) is 29.3. The molecule has 0 unspecified atom stereocenters. The second kappa shape index (κ2) is 9.46. The number of ether oxygens (including phenoxy) is 2. The van der Waals surface area contributed by atoms with Gasteiger partial charge in [0.2, 0.25) is 0 Å². The predicted octanol–water partition coefficient (Wildman–Crippen LogP) is 2.43. The highest BCUT2D eigenvalue weighted by molar-refractivity contribution is 5.82. The van der Waals surface area contributed by atoms with Crippen molar-refractivity contribution in [2.45, 2.75) is 40.5 Å². The second-order valence-corrected chi connectivity index (χ2v) is 7.04. The molecule has 1 aromatic carbocycles. The first kappa shape index (κ1) is 22.1. The van der Waals surface area contributed by atoms with Crippen LogP contribution in [0.15, 0.2) is 35.1 Å². The lowest BCUT2D eigenvalue weighted by atomic mass is 10.2. The average Bonchev–Trinajstić information content (AvgIpc) is 3.10. The predicted molar refractivity (Wildman–Crippen MR) is 113 cm³/mol. The molecule has 0 aliphatic carbocycles. The molecule has 0 fully saturated rings. The van der Waals surface area contributed by atoms with Crippen molar-refractivity contribution < 1.29 is 19.5 Å². The van der Waals surface area contributed by atoms with Gasteiger partial charge in [-0.2, -0.15) is 5.10 Å². The van der Waals surface area contributed by atoms with E-state index in [1.165, 1.54) is 4.68 Å². The number of nitrogens with zero attached hydrogens (tertiary/aromatic N) is 4. The van der Waals surface area contributed by atoms with Gasteiger partial charge in [0.25, 0.3) is 11.5 Å². The molecular formula is C22H26N4O5. The first-order chi connectivity index (χ1) is 14.8. The van der Waals surface area contributed by atoms with E-state index in [0.717, 1.165) is 5.75 Å². The third kappa shape index (κ3) is 4.93. The van der Waals surface area contributed by atoms with Crippen molar-refractivity contribution >= 4 is 5.78 Å². The smallest absolute Gasteiger partial charge is 0.291 e. The van der Waals surface area contributed by atoms with Crippen molar-refractivity contribution in [2.75, 3.05) is 13.2 Å². The van der Waals surface area contributed by atoms with Crippen LogP contribution in [-0.4, -0.2) is 43.7 Å². The Morgan fingerprint density at radius 2 is 1.74 bits per heavy atom. The summed E-state index contributed by atoms with van der Waals surface area (Å²) in [6.45, 7) is 7.62. The Morgan fingerprint density at radius 3 is 2.35 bits per heavy atom. The maximum Gasteiger partial charge on any atom is 0.291 e. The van der Waals surface area contributed by atoms with Gasteiger partial charge in [-0.15, -0.1) is 4.73 Å². The minimum Gasteiger partial charge on any atom is -0.494 e. The topological polar surface area (TPSA) is 108 Å². The standard InChI is InChI=1S/C22H26N4O5/c1-5-20-15(4)23-22(26(29)21(20)28)25-16(11-14(3)24-25)12-17(27)13-31-19-9-7-18(8-10-19)30-6-2/h7-11,29H,5-6,12-13H2,1-4H3. The maximum absolute atomic E-state index is 12.5. The van der Waals surface area contributed by atoms with E-state index in [1.807, 2.05) is 13.8 Å². The van der Waals surface area contributed by atoms with Crippen molar-refractivity contribution in [2.24, 2.45) is 0 Å². The third-order valence-corrected chi connectivity index (χ3v) is 4.71. The Balaban J connectivity index is 1.77. The van der Waals surface area contributed by atoms with Crippen LogP contribution in [0.3, 0.4) is 0 Å². The molecule has 31 heavy (non-hydrogen) atoms. The summed E-state index contributed by atoms with van der Waals surface area (Å²) in [5.41, 5.74) is 1.51. The Labute approximate surface area is 179 Å². The molecule has 164 valence electrons. The summed E-state index contributed by atoms with van der Waals surface area (Å²) in [6.07, 6.45) is 0.452. The Kier molecular flexibility index (Phi) is 6.74. The number of aryl methyl sites for hydroxylation is 2. The molecule has 0 aliphatic rings. The van der Waals surface area contributed by atoms with E-state index in [1.54, 1.807) is 44.2 Å². The van der Waals surface area contributed by atoms with Crippen molar-refractivity contribution in [3.8, 4) is 17.4 Å². The highest BCUT2D eigenvalue weighted by Gasteiger charge is 2.19. The molecule has 3 aromatic rings. The van der Waals surface area contributed by atoms with Crippen molar-refractivity contribution in [3.05, 3.63) is 63.3 Å².